The lowest BCUT2D eigenvalue weighted by molar-refractivity contribution is -0.129. The lowest BCUT2D eigenvalue weighted by Gasteiger charge is -2.01. The fourth-order valence-corrected chi connectivity index (χ4v) is 2.62. The highest BCUT2D eigenvalue weighted by Crippen LogP contribution is 2.09. The highest BCUT2D eigenvalue weighted by atomic mass is 16.2. The number of unbranched alkanes of at least 4 members (excludes halogenated alkanes) is 11. The zero-order valence-electron chi connectivity index (χ0n) is 15.4. The Bertz CT molecular complexity index is 324. The van der Waals surface area contributed by atoms with E-state index < -0.39 is 0 Å². The van der Waals surface area contributed by atoms with E-state index in [0.29, 0.717) is 6.42 Å². The van der Waals surface area contributed by atoms with Gasteiger partial charge in [-0.3, -0.25) is 14.9 Å². The van der Waals surface area contributed by atoms with Crippen molar-refractivity contribution in [3.8, 4) is 0 Å². The second kappa shape index (κ2) is 17.2. The molecule has 0 aliphatic carbocycles. The molecule has 23 heavy (non-hydrogen) atoms. The first kappa shape index (κ1) is 21.9. The number of hydrogen-bond acceptors (Lipinski definition) is 2. The van der Waals surface area contributed by atoms with Crippen LogP contribution in [0.2, 0.25) is 0 Å². The topological polar surface area (TPSA) is 46.2 Å². The van der Waals surface area contributed by atoms with E-state index in [1.165, 1.54) is 77.6 Å². The van der Waals surface area contributed by atoms with Crippen LogP contribution < -0.4 is 5.32 Å². The predicted molar refractivity (Wildman–Crippen MR) is 98.3 cm³/mol. The van der Waals surface area contributed by atoms with Gasteiger partial charge in [0.2, 0.25) is 11.8 Å². The first-order valence-electron chi connectivity index (χ1n) is 9.62. The Balaban J connectivity index is 3.19. The Morgan fingerprint density at radius 3 is 1.74 bits per heavy atom. The minimum absolute atomic E-state index is 0.143. The molecule has 0 spiro atoms. The third-order valence-corrected chi connectivity index (χ3v) is 3.98. The van der Waals surface area contributed by atoms with Crippen molar-refractivity contribution >= 4 is 11.8 Å². The van der Waals surface area contributed by atoms with E-state index in [1.807, 2.05) is 0 Å². The minimum atomic E-state index is -0.261. The Morgan fingerprint density at radius 1 is 0.739 bits per heavy atom. The highest BCUT2D eigenvalue weighted by molar-refractivity contribution is 5.93. The number of amides is 2. The van der Waals surface area contributed by atoms with Crippen molar-refractivity contribution in [2.45, 2.75) is 104 Å². The fourth-order valence-electron chi connectivity index (χ4n) is 2.62. The first-order chi connectivity index (χ1) is 11.2. The Morgan fingerprint density at radius 2 is 1.22 bits per heavy atom. The van der Waals surface area contributed by atoms with Gasteiger partial charge in [-0.05, 0) is 32.1 Å². The molecule has 0 aromatic heterocycles. The second-order valence-corrected chi connectivity index (χ2v) is 6.44. The Labute approximate surface area is 143 Å². The molecule has 0 aromatic carbocycles. The predicted octanol–water partition coefficient (Wildman–Crippen LogP) is 5.69. The summed E-state index contributed by atoms with van der Waals surface area (Å²) in [6.07, 6.45) is 21.4. The molecule has 3 nitrogen and oxygen atoms in total. The lowest BCUT2D eigenvalue weighted by atomic mass is 10.1. The van der Waals surface area contributed by atoms with E-state index in [4.69, 9.17) is 0 Å². The van der Waals surface area contributed by atoms with Gasteiger partial charge in [0.1, 0.15) is 0 Å². The molecule has 0 rings (SSSR count). The van der Waals surface area contributed by atoms with Crippen LogP contribution in [0.5, 0.6) is 0 Å². The quantitative estimate of drug-likeness (QED) is 0.311. The molecule has 0 aliphatic heterocycles. The summed E-state index contributed by atoms with van der Waals surface area (Å²) in [6, 6.07) is 0. The number of rotatable bonds is 15. The molecule has 0 fully saturated rings. The van der Waals surface area contributed by atoms with E-state index in [1.54, 1.807) is 0 Å². The van der Waals surface area contributed by atoms with Gasteiger partial charge in [-0.25, -0.2) is 0 Å². The largest absolute Gasteiger partial charge is 0.297 e. The third kappa shape index (κ3) is 18.8. The maximum atomic E-state index is 11.2. The first-order valence-corrected chi connectivity index (χ1v) is 9.62. The maximum absolute atomic E-state index is 11.2. The van der Waals surface area contributed by atoms with Gasteiger partial charge in [0.05, 0.1) is 0 Å². The molecule has 1 N–H and O–H groups in total. The van der Waals surface area contributed by atoms with Crippen LogP contribution in [0.4, 0.5) is 0 Å². The average Bonchev–Trinajstić information content (AvgIpc) is 2.50. The van der Waals surface area contributed by atoms with Crippen LogP contribution in [-0.4, -0.2) is 11.8 Å². The summed E-state index contributed by atoms with van der Waals surface area (Å²) in [5.74, 6) is -0.405. The summed E-state index contributed by atoms with van der Waals surface area (Å²) in [4.78, 5) is 21.9. The third-order valence-electron chi connectivity index (χ3n) is 3.98. The smallest absolute Gasteiger partial charge is 0.226 e. The number of nitrogens with one attached hydrogen (secondary N) is 1. The molecule has 0 heterocycles. The number of carbonyl (C=O) groups is 2. The van der Waals surface area contributed by atoms with Gasteiger partial charge >= 0.3 is 0 Å². The van der Waals surface area contributed by atoms with Crippen molar-refractivity contribution in [3.05, 3.63) is 12.2 Å². The number of hydrogen-bond donors (Lipinski definition) is 1. The van der Waals surface area contributed by atoms with Crippen molar-refractivity contribution in [3.63, 3.8) is 0 Å². The van der Waals surface area contributed by atoms with Crippen molar-refractivity contribution < 1.29 is 9.59 Å². The van der Waals surface area contributed by atoms with Crippen LogP contribution in [-0.2, 0) is 9.59 Å². The SMILES string of the molecule is CCCCCCCCC=CCCCCCCCC(=O)NC(C)=O. The zero-order chi connectivity index (χ0) is 17.2. The molecule has 134 valence electrons. The van der Waals surface area contributed by atoms with Crippen LogP contribution in [0.15, 0.2) is 12.2 Å². The lowest BCUT2D eigenvalue weighted by Crippen LogP contribution is -2.27. The van der Waals surface area contributed by atoms with Crippen LogP contribution in [0.1, 0.15) is 104 Å². The molecule has 0 saturated heterocycles. The van der Waals surface area contributed by atoms with E-state index in [0.717, 1.165) is 12.8 Å². The number of imide groups is 1. The zero-order valence-corrected chi connectivity index (χ0v) is 15.4. The van der Waals surface area contributed by atoms with Crippen LogP contribution in [0, 0.1) is 0 Å². The van der Waals surface area contributed by atoms with Gasteiger partial charge < -0.3 is 0 Å². The molecule has 0 atom stereocenters. The molecular formula is C20H37NO2. The molecule has 2 amide bonds. The number of allylic oxidation sites excluding steroid dienone is 2. The van der Waals surface area contributed by atoms with E-state index in [-0.39, 0.29) is 11.8 Å². The van der Waals surface area contributed by atoms with Crippen LogP contribution in [0.25, 0.3) is 0 Å². The second-order valence-electron chi connectivity index (χ2n) is 6.44. The van der Waals surface area contributed by atoms with Crippen molar-refractivity contribution in [1.29, 1.82) is 0 Å². The van der Waals surface area contributed by atoms with Gasteiger partial charge in [0, 0.05) is 13.3 Å². The summed E-state index contributed by atoms with van der Waals surface area (Å²) in [5, 5.41) is 2.31. The molecule has 0 saturated carbocycles. The fraction of sp³-hybridized carbons (Fsp3) is 0.800. The van der Waals surface area contributed by atoms with E-state index in [9.17, 15) is 9.59 Å². The van der Waals surface area contributed by atoms with Crippen LogP contribution >= 0.6 is 0 Å². The highest BCUT2D eigenvalue weighted by Gasteiger charge is 2.02. The van der Waals surface area contributed by atoms with Gasteiger partial charge in [-0.2, -0.15) is 0 Å². The summed E-state index contributed by atoms with van der Waals surface area (Å²) < 4.78 is 0. The van der Waals surface area contributed by atoms with Crippen LogP contribution in [0.3, 0.4) is 0 Å². The number of carbonyl (C=O) groups excluding carboxylic acids is 2. The van der Waals surface area contributed by atoms with Gasteiger partial charge in [-0.1, -0.05) is 70.4 Å². The van der Waals surface area contributed by atoms with E-state index in [2.05, 4.69) is 24.4 Å². The Hall–Kier alpha value is -1.12. The molecule has 3 heteroatoms. The van der Waals surface area contributed by atoms with E-state index >= 15 is 0 Å². The van der Waals surface area contributed by atoms with Crippen molar-refractivity contribution in [1.82, 2.24) is 5.32 Å². The summed E-state index contributed by atoms with van der Waals surface area (Å²) >= 11 is 0. The molecule has 0 radical (unpaired) electrons. The molecule has 0 bridgehead atoms. The summed E-state index contributed by atoms with van der Waals surface area (Å²) in [6.45, 7) is 3.63. The van der Waals surface area contributed by atoms with Gasteiger partial charge in [-0.15, -0.1) is 0 Å². The molecule has 0 unspecified atom stereocenters. The van der Waals surface area contributed by atoms with Crippen molar-refractivity contribution in [2.75, 3.05) is 0 Å². The summed E-state index contributed by atoms with van der Waals surface area (Å²) in [7, 11) is 0. The molecule has 0 aliphatic rings. The Kier molecular flexibility index (Phi) is 16.4. The molecule has 0 aromatic rings. The molecular weight excluding hydrogens is 286 g/mol. The monoisotopic (exact) mass is 323 g/mol. The summed E-state index contributed by atoms with van der Waals surface area (Å²) in [5.41, 5.74) is 0. The normalized spacial score (nSPS) is 11.0. The standard InChI is InChI=1S/C20H37NO2/c1-3-4-5-6-7-8-9-10-11-12-13-14-15-16-17-18-20(23)21-19(2)22/h10-11H,3-9,12-18H2,1-2H3,(H,21,22,23). The maximum Gasteiger partial charge on any atom is 0.226 e. The average molecular weight is 324 g/mol. The van der Waals surface area contributed by atoms with Crippen molar-refractivity contribution in [2.24, 2.45) is 0 Å². The van der Waals surface area contributed by atoms with Gasteiger partial charge in [0.25, 0.3) is 0 Å². The van der Waals surface area contributed by atoms with Gasteiger partial charge in [0.15, 0.2) is 0 Å². The minimum Gasteiger partial charge on any atom is -0.297 e.